The number of benzene rings is 3. The molecule has 2 heterocycles. The minimum atomic E-state index is 0.547. The van der Waals surface area contributed by atoms with Crippen LogP contribution in [0, 0.1) is 13.8 Å². The SMILES string of the molecule is Cc1cc(C)cc(Nc2nc(NCc3ccccc3)nc3c2cnn3-c2ccccc2)c1. The highest BCUT2D eigenvalue weighted by Gasteiger charge is 2.15. The van der Waals surface area contributed by atoms with E-state index in [4.69, 9.17) is 9.97 Å². The average molecular weight is 421 g/mol. The van der Waals surface area contributed by atoms with Crippen LogP contribution in [0.3, 0.4) is 0 Å². The van der Waals surface area contributed by atoms with Gasteiger partial charge in [-0.1, -0.05) is 54.6 Å². The Bertz CT molecular complexity index is 1340. The van der Waals surface area contributed by atoms with E-state index in [1.165, 1.54) is 11.1 Å². The molecule has 0 unspecified atom stereocenters. The fraction of sp³-hybridized carbons (Fsp3) is 0.115. The zero-order valence-corrected chi connectivity index (χ0v) is 18.1. The van der Waals surface area contributed by atoms with Crippen LogP contribution in [0.5, 0.6) is 0 Å². The highest BCUT2D eigenvalue weighted by atomic mass is 15.3. The minimum absolute atomic E-state index is 0.547. The number of nitrogens with zero attached hydrogens (tertiary/aromatic N) is 4. The van der Waals surface area contributed by atoms with Gasteiger partial charge in [-0.3, -0.25) is 0 Å². The lowest BCUT2D eigenvalue weighted by molar-refractivity contribution is 0.894. The molecule has 0 aliphatic carbocycles. The Morgan fingerprint density at radius 2 is 1.50 bits per heavy atom. The highest BCUT2D eigenvalue weighted by Crippen LogP contribution is 2.28. The molecule has 2 aromatic heterocycles. The molecule has 5 aromatic rings. The molecule has 0 spiro atoms. The van der Waals surface area contributed by atoms with Crippen molar-refractivity contribution in [2.75, 3.05) is 10.6 Å². The maximum atomic E-state index is 4.80. The highest BCUT2D eigenvalue weighted by molar-refractivity contribution is 5.90. The number of para-hydroxylation sites is 1. The lowest BCUT2D eigenvalue weighted by Crippen LogP contribution is -2.07. The van der Waals surface area contributed by atoms with Crippen molar-refractivity contribution in [1.82, 2.24) is 19.7 Å². The van der Waals surface area contributed by atoms with Crippen LogP contribution in [0.25, 0.3) is 16.7 Å². The van der Waals surface area contributed by atoms with Crippen molar-refractivity contribution in [3.05, 3.63) is 102 Å². The van der Waals surface area contributed by atoms with E-state index in [2.05, 4.69) is 59.9 Å². The standard InChI is InChI=1S/C26H24N6/c1-18-13-19(2)15-21(14-18)29-24-23-17-28-32(22-11-7-4-8-12-22)25(23)31-26(30-24)27-16-20-9-5-3-6-10-20/h3-15,17H,16H2,1-2H3,(H2,27,29,30,31). The molecule has 0 amide bonds. The van der Waals surface area contributed by atoms with Crippen LogP contribution in [-0.2, 0) is 6.54 Å². The normalized spacial score (nSPS) is 10.9. The second kappa shape index (κ2) is 8.51. The van der Waals surface area contributed by atoms with Crippen LogP contribution in [-0.4, -0.2) is 19.7 Å². The number of rotatable bonds is 6. The summed E-state index contributed by atoms with van der Waals surface area (Å²) in [5.41, 5.74) is 6.24. The first-order valence-electron chi connectivity index (χ1n) is 10.6. The van der Waals surface area contributed by atoms with Crippen molar-refractivity contribution in [3.8, 4) is 5.69 Å². The van der Waals surface area contributed by atoms with Gasteiger partial charge in [0, 0.05) is 12.2 Å². The quantitative estimate of drug-likeness (QED) is 0.364. The summed E-state index contributed by atoms with van der Waals surface area (Å²) >= 11 is 0. The summed E-state index contributed by atoms with van der Waals surface area (Å²) in [6, 6.07) is 26.6. The summed E-state index contributed by atoms with van der Waals surface area (Å²) in [5.74, 6) is 1.27. The Morgan fingerprint density at radius 3 is 2.22 bits per heavy atom. The van der Waals surface area contributed by atoms with Gasteiger partial charge in [-0.25, -0.2) is 4.68 Å². The van der Waals surface area contributed by atoms with Gasteiger partial charge in [-0.05, 0) is 54.8 Å². The van der Waals surface area contributed by atoms with E-state index in [0.717, 1.165) is 33.8 Å². The molecule has 158 valence electrons. The van der Waals surface area contributed by atoms with Crippen molar-refractivity contribution >= 4 is 28.5 Å². The second-order valence-corrected chi connectivity index (χ2v) is 7.87. The van der Waals surface area contributed by atoms with Crippen molar-refractivity contribution in [2.24, 2.45) is 0 Å². The van der Waals surface area contributed by atoms with Gasteiger partial charge in [0.25, 0.3) is 0 Å². The summed E-state index contributed by atoms with van der Waals surface area (Å²) in [6.45, 7) is 4.82. The first-order chi connectivity index (χ1) is 15.7. The van der Waals surface area contributed by atoms with Crippen LogP contribution in [0.4, 0.5) is 17.5 Å². The van der Waals surface area contributed by atoms with Gasteiger partial charge in [0.1, 0.15) is 5.82 Å². The fourth-order valence-corrected chi connectivity index (χ4v) is 3.80. The smallest absolute Gasteiger partial charge is 0.227 e. The Balaban J connectivity index is 1.58. The van der Waals surface area contributed by atoms with Crippen molar-refractivity contribution in [1.29, 1.82) is 0 Å². The summed E-state index contributed by atoms with van der Waals surface area (Å²) in [4.78, 5) is 9.59. The molecule has 6 nitrogen and oxygen atoms in total. The Hall–Kier alpha value is -4.19. The maximum Gasteiger partial charge on any atom is 0.227 e. The molecule has 0 saturated carbocycles. The lowest BCUT2D eigenvalue weighted by Gasteiger charge is -2.12. The zero-order valence-electron chi connectivity index (χ0n) is 18.1. The number of nitrogens with one attached hydrogen (secondary N) is 2. The van der Waals surface area contributed by atoms with E-state index in [-0.39, 0.29) is 0 Å². The van der Waals surface area contributed by atoms with E-state index in [1.807, 2.05) is 59.4 Å². The summed E-state index contributed by atoms with van der Waals surface area (Å²) < 4.78 is 1.84. The molecule has 2 N–H and O–H groups in total. The van der Waals surface area contributed by atoms with Gasteiger partial charge >= 0.3 is 0 Å². The molecule has 3 aromatic carbocycles. The summed E-state index contributed by atoms with van der Waals surface area (Å²) in [6.07, 6.45) is 1.81. The molecule has 32 heavy (non-hydrogen) atoms. The number of hydrogen-bond acceptors (Lipinski definition) is 5. The first kappa shape index (κ1) is 19.8. The fourth-order valence-electron chi connectivity index (χ4n) is 3.80. The predicted octanol–water partition coefficient (Wildman–Crippen LogP) is 5.79. The third kappa shape index (κ3) is 4.16. The van der Waals surface area contributed by atoms with Crippen LogP contribution >= 0.6 is 0 Å². The molecule has 6 heteroatoms. The summed E-state index contributed by atoms with van der Waals surface area (Å²) in [5, 5.41) is 12.3. The molecule has 0 radical (unpaired) electrons. The number of anilines is 3. The van der Waals surface area contributed by atoms with Gasteiger partial charge < -0.3 is 10.6 Å². The largest absolute Gasteiger partial charge is 0.350 e. The van der Waals surface area contributed by atoms with Gasteiger partial charge in [-0.2, -0.15) is 15.1 Å². The van der Waals surface area contributed by atoms with E-state index in [9.17, 15) is 0 Å². The molecular weight excluding hydrogens is 396 g/mol. The average Bonchev–Trinajstić information content (AvgIpc) is 3.23. The Labute approximate surface area is 187 Å². The van der Waals surface area contributed by atoms with Crippen molar-refractivity contribution in [2.45, 2.75) is 20.4 Å². The van der Waals surface area contributed by atoms with Gasteiger partial charge in [0.15, 0.2) is 5.65 Å². The molecule has 0 aliphatic rings. The number of hydrogen-bond donors (Lipinski definition) is 2. The van der Waals surface area contributed by atoms with E-state index in [0.29, 0.717) is 12.5 Å². The first-order valence-corrected chi connectivity index (χ1v) is 10.6. The molecule has 0 atom stereocenters. The molecule has 0 saturated heterocycles. The Morgan fingerprint density at radius 1 is 0.812 bits per heavy atom. The summed E-state index contributed by atoms with van der Waals surface area (Å²) in [7, 11) is 0. The monoisotopic (exact) mass is 420 g/mol. The van der Waals surface area contributed by atoms with Crippen LogP contribution in [0.1, 0.15) is 16.7 Å². The zero-order chi connectivity index (χ0) is 21.9. The topological polar surface area (TPSA) is 67.7 Å². The molecule has 0 aliphatic heterocycles. The third-order valence-electron chi connectivity index (χ3n) is 5.21. The van der Waals surface area contributed by atoms with Crippen LogP contribution < -0.4 is 10.6 Å². The van der Waals surface area contributed by atoms with E-state index >= 15 is 0 Å². The van der Waals surface area contributed by atoms with Gasteiger partial charge in [0.2, 0.25) is 5.95 Å². The minimum Gasteiger partial charge on any atom is -0.350 e. The van der Waals surface area contributed by atoms with E-state index in [1.54, 1.807) is 0 Å². The second-order valence-electron chi connectivity index (χ2n) is 7.87. The van der Waals surface area contributed by atoms with Crippen LogP contribution in [0.2, 0.25) is 0 Å². The van der Waals surface area contributed by atoms with Crippen LogP contribution in [0.15, 0.2) is 85.1 Å². The van der Waals surface area contributed by atoms with Crippen molar-refractivity contribution < 1.29 is 0 Å². The van der Waals surface area contributed by atoms with Crippen molar-refractivity contribution in [3.63, 3.8) is 0 Å². The predicted molar refractivity (Wildman–Crippen MR) is 130 cm³/mol. The molecule has 0 fully saturated rings. The molecule has 5 rings (SSSR count). The van der Waals surface area contributed by atoms with Gasteiger partial charge in [0.05, 0.1) is 17.3 Å². The third-order valence-corrected chi connectivity index (χ3v) is 5.21. The number of aryl methyl sites for hydroxylation is 2. The molecule has 0 bridgehead atoms. The number of fused-ring (bicyclic) bond motifs is 1. The Kier molecular flexibility index (Phi) is 5.25. The maximum absolute atomic E-state index is 4.80. The number of aromatic nitrogens is 4. The van der Waals surface area contributed by atoms with E-state index < -0.39 is 0 Å². The molecular formula is C26H24N6. The lowest BCUT2D eigenvalue weighted by atomic mass is 10.1. The van der Waals surface area contributed by atoms with Gasteiger partial charge in [-0.15, -0.1) is 0 Å².